The van der Waals surface area contributed by atoms with Crippen molar-refractivity contribution >= 4 is 17.6 Å². The van der Waals surface area contributed by atoms with Crippen molar-refractivity contribution < 1.29 is 9.90 Å². The number of nitrogens with one attached hydrogen (secondary N) is 1. The smallest absolute Gasteiger partial charge is 0.272 e. The number of carbonyl (C=O) groups is 1. The number of aromatic nitrogens is 2. The molecule has 0 spiro atoms. The molecule has 0 bridgehead atoms. The van der Waals surface area contributed by atoms with Gasteiger partial charge in [-0.15, -0.1) is 0 Å². The lowest BCUT2D eigenvalue weighted by atomic mass is 10.1. The normalized spacial score (nSPS) is 12.1. The molecule has 1 unspecified atom stereocenters. The molecule has 0 fully saturated rings. The van der Waals surface area contributed by atoms with Crippen LogP contribution in [-0.4, -0.2) is 32.4 Å². The fourth-order valence-electron chi connectivity index (χ4n) is 1.58. The van der Waals surface area contributed by atoms with Crippen molar-refractivity contribution in [2.75, 3.05) is 6.61 Å². The minimum absolute atomic E-state index is 0.113. The SMILES string of the molecule is O=C(NC(CO)Cc1ccccc1)c1cnsn1. The van der Waals surface area contributed by atoms with Gasteiger partial charge in [0.25, 0.3) is 5.91 Å². The van der Waals surface area contributed by atoms with Crippen molar-refractivity contribution in [1.29, 1.82) is 0 Å². The van der Waals surface area contributed by atoms with E-state index in [4.69, 9.17) is 0 Å². The molecule has 0 aliphatic rings. The highest BCUT2D eigenvalue weighted by Gasteiger charge is 2.15. The maximum Gasteiger partial charge on any atom is 0.272 e. The summed E-state index contributed by atoms with van der Waals surface area (Å²) in [6, 6.07) is 9.38. The van der Waals surface area contributed by atoms with Crippen LogP contribution in [0, 0.1) is 0 Å². The van der Waals surface area contributed by atoms with E-state index in [1.807, 2.05) is 30.3 Å². The molecule has 0 radical (unpaired) electrons. The second-order valence-electron chi connectivity index (χ2n) is 3.84. The number of benzene rings is 1. The van der Waals surface area contributed by atoms with Crippen LogP contribution in [0.1, 0.15) is 16.1 Å². The Bertz CT molecular complexity index is 487. The van der Waals surface area contributed by atoms with Crippen molar-refractivity contribution in [1.82, 2.24) is 14.1 Å². The highest BCUT2D eigenvalue weighted by molar-refractivity contribution is 6.99. The highest BCUT2D eigenvalue weighted by Crippen LogP contribution is 2.04. The molecule has 1 heterocycles. The van der Waals surface area contributed by atoms with Gasteiger partial charge in [-0.3, -0.25) is 4.79 Å². The lowest BCUT2D eigenvalue weighted by molar-refractivity contribution is 0.0912. The van der Waals surface area contributed by atoms with Gasteiger partial charge in [0.1, 0.15) is 0 Å². The maximum absolute atomic E-state index is 11.7. The van der Waals surface area contributed by atoms with Gasteiger partial charge in [-0.25, -0.2) is 0 Å². The molecule has 1 atom stereocenters. The van der Waals surface area contributed by atoms with Gasteiger partial charge in [0.2, 0.25) is 0 Å². The Labute approximate surface area is 109 Å². The third-order valence-corrected chi connectivity index (χ3v) is 2.95. The van der Waals surface area contributed by atoms with Gasteiger partial charge in [-0.1, -0.05) is 30.3 Å². The average molecular weight is 263 g/mol. The number of amides is 1. The molecule has 5 nitrogen and oxygen atoms in total. The fraction of sp³-hybridized carbons (Fsp3) is 0.250. The van der Waals surface area contributed by atoms with Gasteiger partial charge < -0.3 is 10.4 Å². The molecule has 0 aliphatic heterocycles. The molecule has 2 rings (SSSR count). The zero-order chi connectivity index (χ0) is 12.8. The zero-order valence-corrected chi connectivity index (χ0v) is 10.4. The quantitative estimate of drug-likeness (QED) is 0.839. The van der Waals surface area contributed by atoms with Crippen LogP contribution < -0.4 is 5.32 Å². The van der Waals surface area contributed by atoms with Crippen LogP contribution in [0.25, 0.3) is 0 Å². The molecule has 0 saturated carbocycles. The first-order valence-electron chi connectivity index (χ1n) is 5.53. The van der Waals surface area contributed by atoms with E-state index in [1.165, 1.54) is 6.20 Å². The molecule has 0 aliphatic carbocycles. The van der Waals surface area contributed by atoms with Crippen LogP contribution in [0.2, 0.25) is 0 Å². The van der Waals surface area contributed by atoms with Gasteiger partial charge in [0.05, 0.1) is 30.6 Å². The molecule has 94 valence electrons. The van der Waals surface area contributed by atoms with E-state index >= 15 is 0 Å². The summed E-state index contributed by atoms with van der Waals surface area (Å²) < 4.78 is 7.62. The molecule has 6 heteroatoms. The molecular formula is C12H13N3O2S. The van der Waals surface area contributed by atoms with Gasteiger partial charge in [0, 0.05) is 0 Å². The Morgan fingerprint density at radius 1 is 1.39 bits per heavy atom. The van der Waals surface area contributed by atoms with Crippen molar-refractivity contribution in [3.8, 4) is 0 Å². The summed E-state index contributed by atoms with van der Waals surface area (Å²) in [5.41, 5.74) is 1.35. The fourth-order valence-corrected chi connectivity index (χ4v) is 2.00. The summed E-state index contributed by atoms with van der Waals surface area (Å²) in [5.74, 6) is -0.307. The minimum Gasteiger partial charge on any atom is -0.394 e. The first kappa shape index (κ1) is 12.7. The standard InChI is InChI=1S/C12H13N3O2S/c16-8-10(6-9-4-2-1-3-5-9)14-12(17)11-7-13-18-15-11/h1-5,7,10,16H,6,8H2,(H,14,17). The number of nitrogens with zero attached hydrogens (tertiary/aromatic N) is 2. The third-order valence-electron chi connectivity index (χ3n) is 2.47. The first-order chi connectivity index (χ1) is 8.79. The molecule has 1 aromatic heterocycles. The van der Waals surface area contributed by atoms with E-state index in [1.54, 1.807) is 0 Å². The number of rotatable bonds is 5. The van der Waals surface area contributed by atoms with E-state index in [9.17, 15) is 9.90 Å². The third kappa shape index (κ3) is 3.35. The zero-order valence-electron chi connectivity index (χ0n) is 9.61. The second-order valence-corrected chi connectivity index (χ2v) is 4.39. The van der Waals surface area contributed by atoms with E-state index in [2.05, 4.69) is 14.1 Å². The molecule has 18 heavy (non-hydrogen) atoms. The molecule has 2 aromatic rings. The number of carbonyl (C=O) groups excluding carboxylic acids is 1. The highest BCUT2D eigenvalue weighted by atomic mass is 32.1. The lowest BCUT2D eigenvalue weighted by Crippen LogP contribution is -2.39. The summed E-state index contributed by atoms with van der Waals surface area (Å²) in [7, 11) is 0. The number of aliphatic hydroxyl groups is 1. The molecular weight excluding hydrogens is 250 g/mol. The molecule has 0 saturated heterocycles. The Morgan fingerprint density at radius 3 is 2.78 bits per heavy atom. The van der Waals surface area contributed by atoms with Crippen molar-refractivity contribution in [3.05, 3.63) is 47.8 Å². The largest absolute Gasteiger partial charge is 0.394 e. The van der Waals surface area contributed by atoms with Gasteiger partial charge in [-0.05, 0) is 12.0 Å². The van der Waals surface area contributed by atoms with Crippen LogP contribution in [0.5, 0.6) is 0 Å². The van der Waals surface area contributed by atoms with E-state index in [0.717, 1.165) is 17.3 Å². The lowest BCUT2D eigenvalue weighted by Gasteiger charge is -2.15. The van der Waals surface area contributed by atoms with Crippen molar-refractivity contribution in [3.63, 3.8) is 0 Å². The summed E-state index contributed by atoms with van der Waals surface area (Å²) in [4.78, 5) is 11.7. The van der Waals surface area contributed by atoms with Gasteiger partial charge in [0.15, 0.2) is 5.69 Å². The topological polar surface area (TPSA) is 75.1 Å². The Kier molecular flexibility index (Phi) is 4.38. The van der Waals surface area contributed by atoms with Crippen LogP contribution in [0.3, 0.4) is 0 Å². The predicted octanol–water partition coefficient (Wildman–Crippen LogP) is 0.871. The van der Waals surface area contributed by atoms with Crippen LogP contribution in [0.4, 0.5) is 0 Å². The predicted molar refractivity (Wildman–Crippen MR) is 68.4 cm³/mol. The Hall–Kier alpha value is -1.79. The van der Waals surface area contributed by atoms with E-state index < -0.39 is 0 Å². The Morgan fingerprint density at radius 2 is 2.17 bits per heavy atom. The number of hydrogen-bond acceptors (Lipinski definition) is 5. The van der Waals surface area contributed by atoms with E-state index in [-0.39, 0.29) is 24.2 Å². The van der Waals surface area contributed by atoms with Crippen LogP contribution >= 0.6 is 11.7 Å². The summed E-state index contributed by atoms with van der Waals surface area (Å²) >= 11 is 0.983. The summed E-state index contributed by atoms with van der Waals surface area (Å²) in [6.45, 7) is -0.113. The average Bonchev–Trinajstić information content (AvgIpc) is 2.93. The monoisotopic (exact) mass is 263 g/mol. The molecule has 2 N–H and O–H groups in total. The summed E-state index contributed by atoms with van der Waals surface area (Å²) in [6.07, 6.45) is 2.00. The van der Waals surface area contributed by atoms with Crippen LogP contribution in [-0.2, 0) is 6.42 Å². The number of hydrogen-bond donors (Lipinski definition) is 2. The van der Waals surface area contributed by atoms with Gasteiger partial charge >= 0.3 is 0 Å². The molecule has 1 aromatic carbocycles. The second kappa shape index (κ2) is 6.23. The van der Waals surface area contributed by atoms with Crippen molar-refractivity contribution in [2.45, 2.75) is 12.5 Å². The van der Waals surface area contributed by atoms with Crippen molar-refractivity contribution in [2.24, 2.45) is 0 Å². The maximum atomic E-state index is 11.7. The van der Waals surface area contributed by atoms with E-state index in [0.29, 0.717) is 6.42 Å². The minimum atomic E-state index is -0.318. The van der Waals surface area contributed by atoms with Crippen LogP contribution in [0.15, 0.2) is 36.5 Å². The van der Waals surface area contributed by atoms with Gasteiger partial charge in [-0.2, -0.15) is 8.75 Å². The first-order valence-corrected chi connectivity index (χ1v) is 6.26. The molecule has 1 amide bonds. The Balaban J connectivity index is 1.96. The summed E-state index contributed by atoms with van der Waals surface area (Å²) in [5, 5.41) is 12.0. The number of aliphatic hydroxyl groups excluding tert-OH is 1.